The average molecular weight is 292 g/mol. The van der Waals surface area contributed by atoms with Crippen LogP contribution in [0.3, 0.4) is 0 Å². The van der Waals surface area contributed by atoms with Crippen molar-refractivity contribution in [2.75, 3.05) is 7.11 Å². The van der Waals surface area contributed by atoms with Gasteiger partial charge in [0.1, 0.15) is 6.61 Å². The van der Waals surface area contributed by atoms with Crippen LogP contribution in [0.5, 0.6) is 0 Å². The molecule has 21 heavy (non-hydrogen) atoms. The summed E-state index contributed by atoms with van der Waals surface area (Å²) in [5.41, 5.74) is 0.899. The lowest BCUT2D eigenvalue weighted by atomic mass is 9.78. The highest BCUT2D eigenvalue weighted by molar-refractivity contribution is 5.82. The largest absolute Gasteiger partial charge is 0.469 e. The summed E-state index contributed by atoms with van der Waals surface area (Å²) in [4.78, 5) is 24.0. The molecule has 5 heteroatoms. The number of methoxy groups -OCH3 is 1. The lowest BCUT2D eigenvalue weighted by molar-refractivity contribution is -0.164. The number of hydrogen-bond donors (Lipinski definition) is 1. The number of carbonyl (C=O) groups is 2. The van der Waals surface area contributed by atoms with Gasteiger partial charge in [-0.15, -0.1) is 0 Å². The first-order valence-corrected chi connectivity index (χ1v) is 7.08. The summed E-state index contributed by atoms with van der Waals surface area (Å²) in [6.07, 6.45) is 0.623. The maximum absolute atomic E-state index is 12.2. The van der Waals surface area contributed by atoms with Crippen LogP contribution in [-0.4, -0.2) is 30.3 Å². The Morgan fingerprint density at radius 1 is 1.14 bits per heavy atom. The molecule has 0 radical (unpaired) electrons. The zero-order valence-electron chi connectivity index (χ0n) is 12.0. The molecule has 1 aliphatic carbocycles. The molecule has 0 saturated heterocycles. The third-order valence-electron chi connectivity index (χ3n) is 3.85. The molecule has 0 bridgehead atoms. The minimum Gasteiger partial charge on any atom is -0.469 e. The van der Waals surface area contributed by atoms with Crippen molar-refractivity contribution in [3.8, 4) is 0 Å². The minimum absolute atomic E-state index is 0.187. The number of carbonyl (C=O) groups excluding carboxylic acids is 2. The lowest BCUT2D eigenvalue weighted by Crippen LogP contribution is -2.38. The normalized spacial score (nSPS) is 25.1. The Labute approximate surface area is 123 Å². The lowest BCUT2D eigenvalue weighted by Gasteiger charge is -2.30. The second kappa shape index (κ2) is 7.22. The van der Waals surface area contributed by atoms with Crippen molar-refractivity contribution in [3.63, 3.8) is 0 Å². The second-order valence-electron chi connectivity index (χ2n) is 5.30. The highest BCUT2D eigenvalue weighted by Crippen LogP contribution is 2.32. The molecule has 1 aliphatic rings. The van der Waals surface area contributed by atoms with E-state index >= 15 is 0 Å². The number of benzene rings is 1. The van der Waals surface area contributed by atoms with Gasteiger partial charge in [0, 0.05) is 0 Å². The topological polar surface area (TPSA) is 72.8 Å². The first-order chi connectivity index (χ1) is 10.1. The van der Waals surface area contributed by atoms with Crippen molar-refractivity contribution in [1.29, 1.82) is 0 Å². The molecule has 0 aliphatic heterocycles. The van der Waals surface area contributed by atoms with Crippen LogP contribution < -0.4 is 0 Å². The van der Waals surface area contributed by atoms with Gasteiger partial charge in [0.25, 0.3) is 0 Å². The van der Waals surface area contributed by atoms with Crippen molar-refractivity contribution < 1.29 is 24.2 Å². The number of esters is 2. The third-order valence-corrected chi connectivity index (χ3v) is 3.85. The second-order valence-corrected chi connectivity index (χ2v) is 5.30. The number of ether oxygens (including phenoxy) is 2. The molecule has 1 aromatic carbocycles. The predicted molar refractivity (Wildman–Crippen MR) is 75.1 cm³/mol. The van der Waals surface area contributed by atoms with Crippen molar-refractivity contribution >= 4 is 11.9 Å². The van der Waals surface area contributed by atoms with Crippen molar-refractivity contribution in [2.24, 2.45) is 11.8 Å². The Hall–Kier alpha value is -1.88. The Morgan fingerprint density at radius 2 is 1.86 bits per heavy atom. The van der Waals surface area contributed by atoms with E-state index < -0.39 is 29.9 Å². The molecular formula is C16H20O5. The first kappa shape index (κ1) is 15.5. The van der Waals surface area contributed by atoms with Gasteiger partial charge in [-0.05, 0) is 24.8 Å². The molecule has 2 rings (SSSR count). The number of hydrogen-bond acceptors (Lipinski definition) is 5. The van der Waals surface area contributed by atoms with Crippen molar-refractivity contribution in [1.82, 2.24) is 0 Å². The van der Waals surface area contributed by atoms with Crippen LogP contribution in [0.25, 0.3) is 0 Å². The Balaban J connectivity index is 1.97. The Morgan fingerprint density at radius 3 is 2.52 bits per heavy atom. The molecule has 3 atom stereocenters. The van der Waals surface area contributed by atoms with Crippen molar-refractivity contribution in [3.05, 3.63) is 35.9 Å². The van der Waals surface area contributed by atoms with E-state index in [-0.39, 0.29) is 13.0 Å². The van der Waals surface area contributed by atoms with Crippen LogP contribution in [-0.2, 0) is 25.7 Å². The van der Waals surface area contributed by atoms with Gasteiger partial charge in [0.05, 0.1) is 25.0 Å². The summed E-state index contributed by atoms with van der Waals surface area (Å²) in [6, 6.07) is 9.38. The summed E-state index contributed by atoms with van der Waals surface area (Å²) in [5, 5.41) is 9.67. The fraction of sp³-hybridized carbons (Fsp3) is 0.500. The maximum atomic E-state index is 12.2. The predicted octanol–water partition coefficient (Wildman–Crippen LogP) is 1.68. The number of rotatable bonds is 4. The highest BCUT2D eigenvalue weighted by atomic mass is 16.5. The molecule has 5 nitrogen and oxygen atoms in total. The standard InChI is InChI=1S/C16H20O5/c1-20-15(18)14-9-12(17)7-8-13(14)16(19)21-10-11-5-3-2-4-6-11/h2-6,12-14,17H,7-10H2,1H3. The van der Waals surface area contributed by atoms with E-state index in [4.69, 9.17) is 9.47 Å². The Bertz CT molecular complexity index is 485. The molecule has 1 fully saturated rings. The van der Waals surface area contributed by atoms with Gasteiger partial charge in [0.15, 0.2) is 0 Å². The fourth-order valence-corrected chi connectivity index (χ4v) is 2.68. The third kappa shape index (κ3) is 4.04. The molecule has 0 amide bonds. The van der Waals surface area contributed by atoms with Gasteiger partial charge in [0.2, 0.25) is 0 Å². The van der Waals surface area contributed by atoms with E-state index in [2.05, 4.69) is 0 Å². The molecular weight excluding hydrogens is 272 g/mol. The molecule has 114 valence electrons. The van der Waals surface area contributed by atoms with Gasteiger partial charge >= 0.3 is 11.9 Å². The number of aliphatic hydroxyl groups excluding tert-OH is 1. The van der Waals surface area contributed by atoms with Crippen LogP contribution in [0, 0.1) is 11.8 Å². The summed E-state index contributed by atoms with van der Waals surface area (Å²) in [7, 11) is 1.29. The van der Waals surface area contributed by atoms with Gasteiger partial charge in [-0.3, -0.25) is 9.59 Å². The Kier molecular flexibility index (Phi) is 5.33. The average Bonchev–Trinajstić information content (AvgIpc) is 2.52. The van der Waals surface area contributed by atoms with Crippen LogP contribution >= 0.6 is 0 Å². The fourth-order valence-electron chi connectivity index (χ4n) is 2.68. The van der Waals surface area contributed by atoms with E-state index in [0.29, 0.717) is 12.8 Å². The zero-order chi connectivity index (χ0) is 15.2. The monoisotopic (exact) mass is 292 g/mol. The zero-order valence-corrected chi connectivity index (χ0v) is 12.0. The van der Waals surface area contributed by atoms with E-state index in [1.165, 1.54) is 7.11 Å². The molecule has 1 aromatic rings. The van der Waals surface area contributed by atoms with Gasteiger partial charge in [-0.1, -0.05) is 30.3 Å². The quantitative estimate of drug-likeness (QED) is 0.855. The SMILES string of the molecule is COC(=O)C1CC(O)CCC1C(=O)OCc1ccccc1. The summed E-state index contributed by atoms with van der Waals surface area (Å²) >= 11 is 0. The molecule has 1 N–H and O–H groups in total. The van der Waals surface area contributed by atoms with Gasteiger partial charge < -0.3 is 14.6 Å². The molecule has 0 aromatic heterocycles. The summed E-state index contributed by atoms with van der Waals surface area (Å²) in [5.74, 6) is -2.02. The molecule has 3 unspecified atom stereocenters. The van der Waals surface area contributed by atoms with Gasteiger partial charge in [-0.25, -0.2) is 0 Å². The van der Waals surface area contributed by atoms with E-state index in [0.717, 1.165) is 5.56 Å². The van der Waals surface area contributed by atoms with Crippen molar-refractivity contribution in [2.45, 2.75) is 32.0 Å². The molecule has 0 heterocycles. The first-order valence-electron chi connectivity index (χ1n) is 7.08. The van der Waals surface area contributed by atoms with E-state index in [1.807, 2.05) is 30.3 Å². The van der Waals surface area contributed by atoms with Crippen LogP contribution in [0.1, 0.15) is 24.8 Å². The van der Waals surface area contributed by atoms with Crippen LogP contribution in [0.4, 0.5) is 0 Å². The number of aliphatic hydroxyl groups is 1. The maximum Gasteiger partial charge on any atom is 0.310 e. The highest BCUT2D eigenvalue weighted by Gasteiger charge is 2.40. The van der Waals surface area contributed by atoms with Crippen LogP contribution in [0.2, 0.25) is 0 Å². The van der Waals surface area contributed by atoms with E-state index in [9.17, 15) is 14.7 Å². The van der Waals surface area contributed by atoms with Gasteiger partial charge in [-0.2, -0.15) is 0 Å². The smallest absolute Gasteiger partial charge is 0.310 e. The van der Waals surface area contributed by atoms with E-state index in [1.54, 1.807) is 0 Å². The molecule has 0 spiro atoms. The van der Waals surface area contributed by atoms with Crippen LogP contribution in [0.15, 0.2) is 30.3 Å². The molecule has 1 saturated carbocycles. The summed E-state index contributed by atoms with van der Waals surface area (Å²) < 4.78 is 10.0. The minimum atomic E-state index is -0.623. The summed E-state index contributed by atoms with van der Waals surface area (Å²) in [6.45, 7) is 0.187.